The molecular formula is C12H13IN2O. The van der Waals surface area contributed by atoms with E-state index >= 15 is 0 Å². The van der Waals surface area contributed by atoms with Crippen LogP contribution in [0.1, 0.15) is 24.8 Å². The van der Waals surface area contributed by atoms with E-state index in [4.69, 9.17) is 15.7 Å². The quantitative estimate of drug-likeness (QED) is 0.686. The van der Waals surface area contributed by atoms with E-state index < -0.39 is 0 Å². The van der Waals surface area contributed by atoms with E-state index in [1.54, 1.807) is 12.1 Å². The van der Waals surface area contributed by atoms with E-state index in [-0.39, 0.29) is 0 Å². The number of ether oxygens (including phenoxy) is 1. The lowest BCUT2D eigenvalue weighted by atomic mass is 9.86. The highest BCUT2D eigenvalue weighted by molar-refractivity contribution is 14.1. The van der Waals surface area contributed by atoms with Gasteiger partial charge in [0, 0.05) is 0 Å². The van der Waals surface area contributed by atoms with Gasteiger partial charge in [0.05, 0.1) is 27.5 Å². The number of anilines is 1. The lowest BCUT2D eigenvalue weighted by molar-refractivity contribution is 0.180. The summed E-state index contributed by atoms with van der Waals surface area (Å²) < 4.78 is 6.64. The van der Waals surface area contributed by atoms with E-state index in [0.717, 1.165) is 15.9 Å². The molecule has 2 rings (SSSR count). The predicted octanol–water partition coefficient (Wildman–Crippen LogP) is 2.92. The molecule has 3 nitrogen and oxygen atoms in total. The lowest BCUT2D eigenvalue weighted by Crippen LogP contribution is -2.20. The molecule has 0 bridgehead atoms. The number of nitrogens with two attached hydrogens (primary N) is 1. The van der Waals surface area contributed by atoms with Crippen LogP contribution < -0.4 is 10.5 Å². The van der Waals surface area contributed by atoms with Gasteiger partial charge in [0.15, 0.2) is 5.75 Å². The first-order valence-corrected chi connectivity index (χ1v) is 6.40. The van der Waals surface area contributed by atoms with Crippen molar-refractivity contribution in [2.24, 2.45) is 5.92 Å². The molecule has 0 radical (unpaired) electrons. The SMILES string of the molecule is N#Cc1cc(N)c(OCC2CCC2)c(I)c1. The highest BCUT2D eigenvalue weighted by Crippen LogP contribution is 2.32. The molecule has 2 N–H and O–H groups in total. The summed E-state index contributed by atoms with van der Waals surface area (Å²) in [6.45, 7) is 0.742. The highest BCUT2D eigenvalue weighted by atomic mass is 127. The maximum atomic E-state index is 8.79. The second-order valence-electron chi connectivity index (χ2n) is 4.10. The van der Waals surface area contributed by atoms with Gasteiger partial charge in [0.25, 0.3) is 0 Å². The molecule has 4 heteroatoms. The second-order valence-corrected chi connectivity index (χ2v) is 5.26. The number of hydrogen-bond donors (Lipinski definition) is 1. The van der Waals surface area contributed by atoms with E-state index in [1.807, 2.05) is 0 Å². The van der Waals surface area contributed by atoms with Crippen LogP contribution in [0.3, 0.4) is 0 Å². The minimum atomic E-state index is 0.558. The van der Waals surface area contributed by atoms with Crippen LogP contribution >= 0.6 is 22.6 Å². The van der Waals surface area contributed by atoms with Crippen LogP contribution in [0.2, 0.25) is 0 Å². The van der Waals surface area contributed by atoms with Crippen molar-refractivity contribution in [1.29, 1.82) is 5.26 Å². The van der Waals surface area contributed by atoms with Crippen LogP contribution in [0, 0.1) is 20.8 Å². The van der Waals surface area contributed by atoms with Gasteiger partial charge in [0.2, 0.25) is 0 Å². The molecule has 1 aromatic carbocycles. The predicted molar refractivity (Wildman–Crippen MR) is 71.1 cm³/mol. The van der Waals surface area contributed by atoms with Gasteiger partial charge in [-0.2, -0.15) is 5.26 Å². The number of benzene rings is 1. The maximum Gasteiger partial charge on any atom is 0.155 e. The number of nitriles is 1. The van der Waals surface area contributed by atoms with E-state index in [2.05, 4.69) is 28.7 Å². The third kappa shape index (κ3) is 2.40. The average molecular weight is 328 g/mol. The molecule has 1 fully saturated rings. The first-order chi connectivity index (χ1) is 7.70. The Morgan fingerprint density at radius 1 is 1.50 bits per heavy atom. The Kier molecular flexibility index (Phi) is 3.54. The van der Waals surface area contributed by atoms with Crippen molar-refractivity contribution in [3.63, 3.8) is 0 Å². The van der Waals surface area contributed by atoms with Crippen LogP contribution in [0.4, 0.5) is 5.69 Å². The van der Waals surface area contributed by atoms with Crippen molar-refractivity contribution in [1.82, 2.24) is 0 Å². The molecule has 1 aliphatic rings. The number of halogens is 1. The Morgan fingerprint density at radius 3 is 2.75 bits per heavy atom. The first-order valence-electron chi connectivity index (χ1n) is 5.32. The molecule has 0 unspecified atom stereocenters. The molecule has 1 aromatic rings. The fraction of sp³-hybridized carbons (Fsp3) is 0.417. The third-order valence-electron chi connectivity index (χ3n) is 2.89. The zero-order chi connectivity index (χ0) is 11.5. The Labute approximate surface area is 109 Å². The van der Waals surface area contributed by atoms with Crippen molar-refractivity contribution >= 4 is 28.3 Å². The number of hydrogen-bond acceptors (Lipinski definition) is 3. The zero-order valence-electron chi connectivity index (χ0n) is 8.87. The molecule has 0 atom stereocenters. The Balaban J connectivity index is 2.10. The van der Waals surface area contributed by atoms with Gasteiger partial charge >= 0.3 is 0 Å². The van der Waals surface area contributed by atoms with Crippen molar-refractivity contribution < 1.29 is 4.74 Å². The van der Waals surface area contributed by atoms with Gasteiger partial charge < -0.3 is 10.5 Å². The van der Waals surface area contributed by atoms with Crippen LogP contribution in [-0.2, 0) is 0 Å². The van der Waals surface area contributed by atoms with Crippen LogP contribution in [0.15, 0.2) is 12.1 Å². The Hall–Kier alpha value is -0.960. The van der Waals surface area contributed by atoms with Gasteiger partial charge in [-0.05, 0) is 53.5 Å². The van der Waals surface area contributed by atoms with Crippen LogP contribution in [0.25, 0.3) is 0 Å². The monoisotopic (exact) mass is 328 g/mol. The normalized spacial score (nSPS) is 15.2. The van der Waals surface area contributed by atoms with Gasteiger partial charge in [-0.1, -0.05) is 6.42 Å². The van der Waals surface area contributed by atoms with Crippen LogP contribution in [0.5, 0.6) is 5.75 Å². The summed E-state index contributed by atoms with van der Waals surface area (Å²) in [5.74, 6) is 1.41. The van der Waals surface area contributed by atoms with Crippen molar-refractivity contribution in [2.45, 2.75) is 19.3 Å². The number of rotatable bonds is 3. The molecular weight excluding hydrogens is 315 g/mol. The van der Waals surface area contributed by atoms with Crippen molar-refractivity contribution in [3.8, 4) is 11.8 Å². The lowest BCUT2D eigenvalue weighted by Gasteiger charge is -2.25. The Bertz CT molecular complexity index is 412. The first kappa shape index (κ1) is 11.5. The van der Waals surface area contributed by atoms with Gasteiger partial charge in [-0.25, -0.2) is 0 Å². The summed E-state index contributed by atoms with van der Waals surface area (Å²) in [7, 11) is 0. The molecule has 0 aliphatic heterocycles. The maximum absolute atomic E-state index is 8.79. The van der Waals surface area contributed by atoms with Crippen molar-refractivity contribution in [3.05, 3.63) is 21.3 Å². The molecule has 16 heavy (non-hydrogen) atoms. The molecule has 1 aliphatic carbocycles. The minimum Gasteiger partial charge on any atom is -0.490 e. The number of nitrogen functional groups attached to an aromatic ring is 1. The number of nitrogens with zero attached hydrogens (tertiary/aromatic N) is 1. The summed E-state index contributed by atoms with van der Waals surface area (Å²) in [5.41, 5.74) is 7.00. The average Bonchev–Trinajstić information content (AvgIpc) is 2.19. The summed E-state index contributed by atoms with van der Waals surface area (Å²) in [4.78, 5) is 0. The fourth-order valence-electron chi connectivity index (χ4n) is 1.69. The zero-order valence-corrected chi connectivity index (χ0v) is 11.0. The summed E-state index contributed by atoms with van der Waals surface area (Å²) >= 11 is 2.16. The molecule has 0 heterocycles. The molecule has 84 valence electrons. The van der Waals surface area contributed by atoms with E-state index in [9.17, 15) is 0 Å². The molecule has 0 spiro atoms. The third-order valence-corrected chi connectivity index (χ3v) is 3.69. The summed E-state index contributed by atoms with van der Waals surface area (Å²) in [5, 5.41) is 8.79. The summed E-state index contributed by atoms with van der Waals surface area (Å²) in [6.07, 6.45) is 3.83. The van der Waals surface area contributed by atoms with Gasteiger partial charge in [-0.3, -0.25) is 0 Å². The second kappa shape index (κ2) is 4.91. The van der Waals surface area contributed by atoms with E-state index in [0.29, 0.717) is 17.2 Å². The van der Waals surface area contributed by atoms with E-state index in [1.165, 1.54) is 19.3 Å². The topological polar surface area (TPSA) is 59.0 Å². The Morgan fingerprint density at radius 2 is 2.25 bits per heavy atom. The summed E-state index contributed by atoms with van der Waals surface area (Å²) in [6, 6.07) is 5.55. The molecule has 1 saturated carbocycles. The smallest absolute Gasteiger partial charge is 0.155 e. The van der Waals surface area contributed by atoms with Gasteiger partial charge in [-0.15, -0.1) is 0 Å². The highest BCUT2D eigenvalue weighted by Gasteiger charge is 2.19. The standard InChI is InChI=1S/C12H13IN2O/c13-10-4-9(6-14)5-11(15)12(10)16-7-8-2-1-3-8/h4-5,8H,1-3,7,15H2. The fourth-order valence-corrected chi connectivity index (χ4v) is 2.49. The largest absolute Gasteiger partial charge is 0.490 e. The minimum absolute atomic E-state index is 0.558. The van der Waals surface area contributed by atoms with Crippen molar-refractivity contribution in [2.75, 3.05) is 12.3 Å². The molecule has 0 aromatic heterocycles. The van der Waals surface area contributed by atoms with Gasteiger partial charge in [0.1, 0.15) is 0 Å². The molecule has 0 amide bonds. The molecule has 0 saturated heterocycles. The van der Waals surface area contributed by atoms with Crippen LogP contribution in [-0.4, -0.2) is 6.61 Å².